The van der Waals surface area contributed by atoms with Crippen molar-refractivity contribution < 1.29 is 9.53 Å². The van der Waals surface area contributed by atoms with E-state index < -0.39 is 0 Å². The molecule has 1 saturated heterocycles. The zero-order valence-corrected chi connectivity index (χ0v) is 11.4. The van der Waals surface area contributed by atoms with Crippen LogP contribution in [0.4, 0.5) is 10.6 Å². The van der Waals surface area contributed by atoms with Crippen LogP contribution in [0, 0.1) is 0 Å². The highest BCUT2D eigenvalue weighted by Gasteiger charge is 2.23. The van der Waals surface area contributed by atoms with E-state index in [4.69, 9.17) is 4.74 Å². The van der Waals surface area contributed by atoms with E-state index in [-0.39, 0.29) is 6.09 Å². The van der Waals surface area contributed by atoms with E-state index in [9.17, 15) is 4.79 Å². The summed E-state index contributed by atoms with van der Waals surface area (Å²) in [5, 5.41) is 1.01. The van der Waals surface area contributed by atoms with Gasteiger partial charge in [-0.05, 0) is 13.0 Å². The number of H-pyrrole nitrogens is 1. The lowest BCUT2D eigenvalue weighted by Gasteiger charge is -2.34. The van der Waals surface area contributed by atoms with E-state index in [1.54, 1.807) is 11.2 Å². The molecule has 1 N–H and O–H groups in total. The number of fused-ring (bicyclic) bond motifs is 1. The molecule has 3 heterocycles. The van der Waals surface area contributed by atoms with Crippen LogP contribution in [0.1, 0.15) is 6.92 Å². The van der Waals surface area contributed by atoms with Crippen molar-refractivity contribution in [1.29, 1.82) is 0 Å². The first kappa shape index (κ1) is 12.7. The number of hydrogen-bond donors (Lipinski definition) is 1. The van der Waals surface area contributed by atoms with Crippen molar-refractivity contribution in [1.82, 2.24) is 19.9 Å². The molecule has 0 aliphatic carbocycles. The molecule has 1 fully saturated rings. The van der Waals surface area contributed by atoms with Crippen molar-refractivity contribution in [2.24, 2.45) is 0 Å². The highest BCUT2D eigenvalue weighted by molar-refractivity contribution is 5.87. The first-order valence-electron chi connectivity index (χ1n) is 6.74. The summed E-state index contributed by atoms with van der Waals surface area (Å²) < 4.78 is 5.02. The molecule has 7 heteroatoms. The van der Waals surface area contributed by atoms with Crippen molar-refractivity contribution in [3.8, 4) is 0 Å². The Morgan fingerprint density at radius 3 is 2.90 bits per heavy atom. The van der Waals surface area contributed by atoms with E-state index in [1.165, 1.54) is 0 Å². The van der Waals surface area contributed by atoms with Crippen LogP contribution >= 0.6 is 0 Å². The quantitative estimate of drug-likeness (QED) is 0.892. The summed E-state index contributed by atoms with van der Waals surface area (Å²) in [5.74, 6) is 0.916. The summed E-state index contributed by atoms with van der Waals surface area (Å²) in [5.41, 5.74) is 0.836. The predicted octanol–water partition coefficient (Wildman–Crippen LogP) is 1.24. The Hall–Kier alpha value is -2.31. The van der Waals surface area contributed by atoms with Crippen molar-refractivity contribution >= 4 is 22.9 Å². The molecule has 2 aromatic heterocycles. The summed E-state index contributed by atoms with van der Waals surface area (Å²) >= 11 is 0. The highest BCUT2D eigenvalue weighted by Crippen LogP contribution is 2.22. The number of carbonyl (C=O) groups excluding carboxylic acids is 1. The Balaban J connectivity index is 1.72. The maximum Gasteiger partial charge on any atom is 0.409 e. The number of ether oxygens (including phenoxy) is 1. The third-order valence-electron chi connectivity index (χ3n) is 3.44. The SMILES string of the molecule is CCOC(=O)N1CCN(c2ncnc3[nH]ccc23)CC1. The Labute approximate surface area is 116 Å². The number of anilines is 1. The maximum absolute atomic E-state index is 11.7. The van der Waals surface area contributed by atoms with Gasteiger partial charge in [0, 0.05) is 32.4 Å². The van der Waals surface area contributed by atoms with Gasteiger partial charge in [-0.2, -0.15) is 0 Å². The van der Waals surface area contributed by atoms with Gasteiger partial charge in [0.1, 0.15) is 17.8 Å². The zero-order chi connectivity index (χ0) is 13.9. The van der Waals surface area contributed by atoms with Crippen LogP contribution < -0.4 is 4.90 Å². The second-order valence-corrected chi connectivity index (χ2v) is 4.61. The van der Waals surface area contributed by atoms with E-state index >= 15 is 0 Å². The highest BCUT2D eigenvalue weighted by atomic mass is 16.6. The first-order valence-corrected chi connectivity index (χ1v) is 6.74. The largest absolute Gasteiger partial charge is 0.450 e. The molecule has 0 aromatic carbocycles. The molecule has 1 aliphatic heterocycles. The molecule has 1 aliphatic rings. The van der Waals surface area contributed by atoms with Crippen molar-refractivity contribution in [2.75, 3.05) is 37.7 Å². The molecule has 0 spiro atoms. The van der Waals surface area contributed by atoms with Crippen molar-refractivity contribution in [3.63, 3.8) is 0 Å². The third kappa shape index (κ3) is 2.26. The molecule has 3 rings (SSSR count). The first-order chi connectivity index (χ1) is 9.79. The van der Waals surface area contributed by atoms with Crippen LogP contribution in [0.5, 0.6) is 0 Å². The van der Waals surface area contributed by atoms with Crippen LogP contribution in [0.25, 0.3) is 11.0 Å². The van der Waals surface area contributed by atoms with Crippen LogP contribution in [0.3, 0.4) is 0 Å². The Bertz CT molecular complexity index is 604. The lowest BCUT2D eigenvalue weighted by atomic mass is 10.3. The summed E-state index contributed by atoms with van der Waals surface area (Å²) in [6.07, 6.45) is 3.19. The number of aromatic nitrogens is 3. The summed E-state index contributed by atoms with van der Waals surface area (Å²) in [4.78, 5) is 27.2. The molecule has 0 radical (unpaired) electrons. The third-order valence-corrected chi connectivity index (χ3v) is 3.44. The van der Waals surface area contributed by atoms with Gasteiger partial charge in [-0.15, -0.1) is 0 Å². The van der Waals surface area contributed by atoms with Gasteiger partial charge in [0.05, 0.1) is 12.0 Å². The minimum Gasteiger partial charge on any atom is -0.450 e. The van der Waals surface area contributed by atoms with Gasteiger partial charge in [-0.25, -0.2) is 14.8 Å². The van der Waals surface area contributed by atoms with E-state index in [2.05, 4.69) is 19.9 Å². The lowest BCUT2D eigenvalue weighted by molar-refractivity contribution is 0.105. The Morgan fingerprint density at radius 1 is 1.35 bits per heavy atom. The number of nitrogens with zero attached hydrogens (tertiary/aromatic N) is 4. The molecule has 2 aromatic rings. The van der Waals surface area contributed by atoms with E-state index in [0.717, 1.165) is 29.9 Å². The second kappa shape index (κ2) is 5.36. The molecule has 1 amide bonds. The standard InChI is InChI=1S/C13H17N5O2/c1-2-20-13(19)18-7-5-17(6-8-18)12-10-3-4-14-11(10)15-9-16-12/h3-4,9H,2,5-8H2,1H3,(H,14,15,16). The fraction of sp³-hybridized carbons (Fsp3) is 0.462. The monoisotopic (exact) mass is 275 g/mol. The molecular formula is C13H17N5O2. The average Bonchev–Trinajstić information content (AvgIpc) is 2.96. The number of piperazine rings is 1. The molecule has 7 nitrogen and oxygen atoms in total. The van der Waals surface area contributed by atoms with Gasteiger partial charge in [-0.1, -0.05) is 0 Å². The van der Waals surface area contributed by atoms with E-state index in [0.29, 0.717) is 19.7 Å². The molecule has 0 saturated carbocycles. The number of nitrogens with one attached hydrogen (secondary N) is 1. The van der Waals surface area contributed by atoms with Gasteiger partial charge in [0.15, 0.2) is 0 Å². The number of aromatic amines is 1. The predicted molar refractivity (Wildman–Crippen MR) is 74.7 cm³/mol. The van der Waals surface area contributed by atoms with Crippen LogP contribution in [0.15, 0.2) is 18.6 Å². The topological polar surface area (TPSA) is 74.3 Å². The molecule has 0 unspecified atom stereocenters. The number of rotatable bonds is 2. The van der Waals surface area contributed by atoms with Crippen molar-refractivity contribution in [2.45, 2.75) is 6.92 Å². The fourth-order valence-corrected chi connectivity index (χ4v) is 2.43. The number of carbonyl (C=O) groups is 1. The van der Waals surface area contributed by atoms with Gasteiger partial charge in [-0.3, -0.25) is 0 Å². The summed E-state index contributed by atoms with van der Waals surface area (Å²) in [7, 11) is 0. The molecule has 0 bridgehead atoms. The molecule has 0 atom stereocenters. The molecule has 20 heavy (non-hydrogen) atoms. The van der Waals surface area contributed by atoms with Gasteiger partial charge in [0.25, 0.3) is 0 Å². The second-order valence-electron chi connectivity index (χ2n) is 4.61. The van der Waals surface area contributed by atoms with Gasteiger partial charge < -0.3 is 19.5 Å². The lowest BCUT2D eigenvalue weighted by Crippen LogP contribution is -2.49. The number of amides is 1. The van der Waals surface area contributed by atoms with E-state index in [1.807, 2.05) is 19.2 Å². The minimum atomic E-state index is -0.235. The smallest absolute Gasteiger partial charge is 0.409 e. The number of hydrogen-bond acceptors (Lipinski definition) is 5. The normalized spacial score (nSPS) is 15.7. The van der Waals surface area contributed by atoms with Gasteiger partial charge in [0.2, 0.25) is 0 Å². The van der Waals surface area contributed by atoms with Crippen LogP contribution in [-0.2, 0) is 4.74 Å². The molecular weight excluding hydrogens is 258 g/mol. The Morgan fingerprint density at radius 2 is 2.15 bits per heavy atom. The Kier molecular flexibility index (Phi) is 3.41. The van der Waals surface area contributed by atoms with Crippen molar-refractivity contribution in [3.05, 3.63) is 18.6 Å². The molecule has 106 valence electrons. The average molecular weight is 275 g/mol. The zero-order valence-electron chi connectivity index (χ0n) is 11.4. The van der Waals surface area contributed by atoms with Gasteiger partial charge >= 0.3 is 6.09 Å². The van der Waals surface area contributed by atoms with Crippen LogP contribution in [-0.4, -0.2) is 58.7 Å². The minimum absolute atomic E-state index is 0.235. The van der Waals surface area contributed by atoms with Crippen LogP contribution in [0.2, 0.25) is 0 Å². The fourth-order valence-electron chi connectivity index (χ4n) is 2.43. The maximum atomic E-state index is 11.7. The summed E-state index contributed by atoms with van der Waals surface area (Å²) in [6, 6.07) is 1.97. The summed E-state index contributed by atoms with van der Waals surface area (Å²) in [6.45, 7) is 5.02.